The van der Waals surface area contributed by atoms with Crippen molar-refractivity contribution < 1.29 is 9.90 Å². The zero-order valence-corrected chi connectivity index (χ0v) is 14.2. The largest absolute Gasteiger partial charge is 0.508 e. The Bertz CT molecular complexity index is 743. The van der Waals surface area contributed by atoms with Gasteiger partial charge in [0.05, 0.1) is 5.56 Å². The van der Waals surface area contributed by atoms with Crippen LogP contribution in [0.1, 0.15) is 15.9 Å². The van der Waals surface area contributed by atoms with Gasteiger partial charge in [-0.25, -0.2) is 4.98 Å². The molecule has 126 valence electrons. The highest BCUT2D eigenvalue weighted by atomic mass is 16.3. The van der Waals surface area contributed by atoms with Crippen LogP contribution in [0.3, 0.4) is 0 Å². The van der Waals surface area contributed by atoms with E-state index < -0.39 is 0 Å². The number of carbonyl (C=O) groups excluding carboxylic acids is 1. The van der Waals surface area contributed by atoms with Gasteiger partial charge in [0, 0.05) is 40.8 Å². The van der Waals surface area contributed by atoms with Crippen LogP contribution in [0, 0.1) is 0 Å². The monoisotopic (exact) mass is 326 g/mol. The number of phenols is 1. The first-order valence-electron chi connectivity index (χ1n) is 7.92. The SMILES string of the molecule is CN(C)c1ccc2c(n1)N(C)CCN(Cc1ccc(O)cc1)C2=O. The maximum atomic E-state index is 12.9. The van der Waals surface area contributed by atoms with Crippen LogP contribution in [-0.2, 0) is 6.54 Å². The molecule has 1 aromatic carbocycles. The van der Waals surface area contributed by atoms with Gasteiger partial charge in [-0.1, -0.05) is 12.1 Å². The third-order valence-electron chi connectivity index (χ3n) is 4.21. The Balaban J connectivity index is 1.90. The summed E-state index contributed by atoms with van der Waals surface area (Å²) in [6.07, 6.45) is 0. The Kier molecular flexibility index (Phi) is 4.29. The average molecular weight is 326 g/mol. The molecule has 0 bridgehead atoms. The molecule has 6 heteroatoms. The minimum Gasteiger partial charge on any atom is -0.508 e. The second-order valence-corrected chi connectivity index (χ2v) is 6.25. The molecule has 1 N–H and O–H groups in total. The summed E-state index contributed by atoms with van der Waals surface area (Å²) in [5.41, 5.74) is 1.62. The van der Waals surface area contributed by atoms with E-state index in [-0.39, 0.29) is 11.7 Å². The quantitative estimate of drug-likeness (QED) is 0.934. The van der Waals surface area contributed by atoms with E-state index in [1.54, 1.807) is 12.1 Å². The highest BCUT2D eigenvalue weighted by molar-refractivity contribution is 5.99. The van der Waals surface area contributed by atoms with Crippen LogP contribution in [0.5, 0.6) is 5.75 Å². The van der Waals surface area contributed by atoms with E-state index in [0.717, 1.165) is 23.7 Å². The van der Waals surface area contributed by atoms with E-state index >= 15 is 0 Å². The van der Waals surface area contributed by atoms with Crippen molar-refractivity contribution in [1.82, 2.24) is 9.88 Å². The third kappa shape index (κ3) is 3.13. The number of fused-ring (bicyclic) bond motifs is 1. The first kappa shape index (κ1) is 16.1. The summed E-state index contributed by atoms with van der Waals surface area (Å²) in [6.45, 7) is 1.87. The molecular formula is C18H22N4O2. The van der Waals surface area contributed by atoms with Gasteiger partial charge in [0.1, 0.15) is 17.4 Å². The van der Waals surface area contributed by atoms with Crippen LogP contribution < -0.4 is 9.80 Å². The minimum absolute atomic E-state index is 0.0137. The fraction of sp³-hybridized carbons (Fsp3) is 0.333. The predicted molar refractivity (Wildman–Crippen MR) is 94.7 cm³/mol. The summed E-state index contributed by atoms with van der Waals surface area (Å²) in [4.78, 5) is 23.3. The zero-order chi connectivity index (χ0) is 17.3. The molecule has 1 aromatic heterocycles. The standard InChI is InChI=1S/C18H22N4O2/c1-20(2)16-9-8-15-17(19-16)21(3)10-11-22(18(15)24)12-13-4-6-14(23)7-5-13/h4-9,23H,10-12H2,1-3H3. The molecule has 1 aliphatic rings. The summed E-state index contributed by atoms with van der Waals surface area (Å²) in [6, 6.07) is 10.7. The van der Waals surface area contributed by atoms with E-state index in [1.165, 1.54) is 0 Å². The van der Waals surface area contributed by atoms with Crippen LogP contribution in [0.4, 0.5) is 11.6 Å². The van der Waals surface area contributed by atoms with Crippen molar-refractivity contribution in [2.24, 2.45) is 0 Å². The Labute approximate surface area is 141 Å². The van der Waals surface area contributed by atoms with Crippen molar-refractivity contribution in [1.29, 1.82) is 0 Å². The van der Waals surface area contributed by atoms with Crippen molar-refractivity contribution in [2.75, 3.05) is 44.0 Å². The highest BCUT2D eigenvalue weighted by Gasteiger charge is 2.26. The number of hydrogen-bond acceptors (Lipinski definition) is 5. The number of phenolic OH excluding ortho intramolecular Hbond substituents is 1. The molecule has 2 heterocycles. The molecule has 6 nitrogen and oxygen atoms in total. The van der Waals surface area contributed by atoms with E-state index in [0.29, 0.717) is 18.7 Å². The maximum Gasteiger partial charge on any atom is 0.257 e. The molecule has 0 radical (unpaired) electrons. The summed E-state index contributed by atoms with van der Waals surface area (Å²) >= 11 is 0. The molecule has 0 spiro atoms. The highest BCUT2D eigenvalue weighted by Crippen LogP contribution is 2.26. The lowest BCUT2D eigenvalue weighted by molar-refractivity contribution is 0.0754. The van der Waals surface area contributed by atoms with Gasteiger partial charge in [-0.15, -0.1) is 0 Å². The predicted octanol–water partition coefficient (Wildman–Crippen LogP) is 1.95. The Morgan fingerprint density at radius 2 is 1.83 bits per heavy atom. The average Bonchev–Trinajstić information content (AvgIpc) is 2.69. The first-order chi connectivity index (χ1) is 11.5. The van der Waals surface area contributed by atoms with Crippen molar-refractivity contribution in [3.05, 3.63) is 47.5 Å². The maximum absolute atomic E-state index is 12.9. The molecule has 0 unspecified atom stereocenters. The second-order valence-electron chi connectivity index (χ2n) is 6.25. The van der Waals surface area contributed by atoms with E-state index in [2.05, 4.69) is 4.98 Å². The lowest BCUT2D eigenvalue weighted by Crippen LogP contribution is -2.33. The van der Waals surface area contributed by atoms with Crippen LogP contribution in [0.25, 0.3) is 0 Å². The smallest absolute Gasteiger partial charge is 0.257 e. The first-order valence-corrected chi connectivity index (χ1v) is 7.92. The van der Waals surface area contributed by atoms with E-state index in [1.807, 2.05) is 60.1 Å². The van der Waals surface area contributed by atoms with Crippen LogP contribution >= 0.6 is 0 Å². The van der Waals surface area contributed by atoms with Crippen molar-refractivity contribution in [3.8, 4) is 5.75 Å². The van der Waals surface area contributed by atoms with Gasteiger partial charge >= 0.3 is 0 Å². The fourth-order valence-electron chi connectivity index (χ4n) is 2.77. The number of likely N-dealkylation sites (N-methyl/N-ethyl adjacent to an activating group) is 1. The summed E-state index contributed by atoms with van der Waals surface area (Å²) in [7, 11) is 5.83. The second kappa shape index (κ2) is 6.39. The summed E-state index contributed by atoms with van der Waals surface area (Å²) < 4.78 is 0. The number of rotatable bonds is 3. The summed E-state index contributed by atoms with van der Waals surface area (Å²) in [5.74, 6) is 1.77. The van der Waals surface area contributed by atoms with Gasteiger partial charge in [0.25, 0.3) is 5.91 Å². The van der Waals surface area contributed by atoms with Gasteiger partial charge in [-0.05, 0) is 29.8 Å². The number of anilines is 2. The Hall–Kier alpha value is -2.76. The van der Waals surface area contributed by atoms with Gasteiger partial charge < -0.3 is 19.8 Å². The minimum atomic E-state index is -0.0137. The fourth-order valence-corrected chi connectivity index (χ4v) is 2.77. The molecule has 2 aromatic rings. The number of aromatic hydroxyl groups is 1. The molecule has 1 amide bonds. The Morgan fingerprint density at radius 1 is 1.12 bits per heavy atom. The van der Waals surface area contributed by atoms with Crippen molar-refractivity contribution >= 4 is 17.5 Å². The molecule has 24 heavy (non-hydrogen) atoms. The van der Waals surface area contributed by atoms with Gasteiger partial charge in [0.15, 0.2) is 0 Å². The molecule has 0 saturated carbocycles. The van der Waals surface area contributed by atoms with Crippen molar-refractivity contribution in [3.63, 3.8) is 0 Å². The lowest BCUT2D eigenvalue weighted by atomic mass is 10.1. The zero-order valence-electron chi connectivity index (χ0n) is 14.2. The molecule has 0 saturated heterocycles. The normalized spacial score (nSPS) is 14.4. The van der Waals surface area contributed by atoms with Crippen LogP contribution in [0.15, 0.2) is 36.4 Å². The number of benzene rings is 1. The van der Waals surface area contributed by atoms with Crippen molar-refractivity contribution in [2.45, 2.75) is 6.54 Å². The van der Waals surface area contributed by atoms with Crippen LogP contribution in [0.2, 0.25) is 0 Å². The molecular weight excluding hydrogens is 304 g/mol. The molecule has 0 fully saturated rings. The number of nitrogens with zero attached hydrogens (tertiary/aromatic N) is 4. The van der Waals surface area contributed by atoms with Crippen LogP contribution in [-0.4, -0.2) is 55.1 Å². The van der Waals surface area contributed by atoms with E-state index in [9.17, 15) is 9.90 Å². The number of pyridine rings is 1. The lowest BCUT2D eigenvalue weighted by Gasteiger charge is -2.21. The number of amides is 1. The Morgan fingerprint density at radius 3 is 2.50 bits per heavy atom. The number of aromatic nitrogens is 1. The number of hydrogen-bond donors (Lipinski definition) is 1. The van der Waals surface area contributed by atoms with Gasteiger partial charge in [-0.3, -0.25) is 4.79 Å². The number of carbonyl (C=O) groups is 1. The topological polar surface area (TPSA) is 59.9 Å². The molecule has 0 aliphatic carbocycles. The van der Waals surface area contributed by atoms with Gasteiger partial charge in [-0.2, -0.15) is 0 Å². The molecule has 0 atom stereocenters. The summed E-state index contributed by atoms with van der Waals surface area (Å²) in [5, 5.41) is 9.40. The molecule has 3 rings (SSSR count). The van der Waals surface area contributed by atoms with Gasteiger partial charge in [0.2, 0.25) is 0 Å². The van der Waals surface area contributed by atoms with E-state index in [4.69, 9.17) is 0 Å². The third-order valence-corrected chi connectivity index (χ3v) is 4.21. The molecule has 1 aliphatic heterocycles.